The normalized spacial score (nSPS) is 16.9. The highest BCUT2D eigenvalue weighted by atomic mass is 16.3. The van der Waals surface area contributed by atoms with E-state index in [4.69, 9.17) is 0 Å². The van der Waals surface area contributed by atoms with Gasteiger partial charge in [0.1, 0.15) is 0 Å². The Hall–Kier alpha value is -1.75. The Bertz CT molecular complexity index is 511. The summed E-state index contributed by atoms with van der Waals surface area (Å²) in [6.07, 6.45) is 4.80. The molecule has 1 saturated carbocycles. The summed E-state index contributed by atoms with van der Waals surface area (Å²) in [5.74, 6) is 0. The van der Waals surface area contributed by atoms with Crippen LogP contribution in [0.25, 0.3) is 0 Å². The minimum absolute atomic E-state index is 0.230. The van der Waals surface area contributed by atoms with Crippen LogP contribution in [0.2, 0.25) is 0 Å². The lowest BCUT2D eigenvalue weighted by Crippen LogP contribution is -2.47. The molecule has 1 aliphatic rings. The maximum Gasteiger partial charge on any atom is 0.315 e. The fraction of sp³-hybridized carbons (Fsp3) is 0.611. The van der Waals surface area contributed by atoms with Gasteiger partial charge in [0, 0.05) is 24.8 Å². The van der Waals surface area contributed by atoms with Crippen molar-refractivity contribution in [3.63, 3.8) is 0 Å². The molecule has 23 heavy (non-hydrogen) atoms. The summed E-state index contributed by atoms with van der Waals surface area (Å²) >= 11 is 0. The van der Waals surface area contributed by atoms with Crippen LogP contribution in [-0.4, -0.2) is 29.3 Å². The highest BCUT2D eigenvalue weighted by Crippen LogP contribution is 2.27. The van der Waals surface area contributed by atoms with Crippen LogP contribution >= 0.6 is 0 Å². The number of rotatable bonds is 6. The molecule has 1 aromatic carbocycles. The molecule has 1 fully saturated rings. The van der Waals surface area contributed by atoms with Gasteiger partial charge in [-0.2, -0.15) is 0 Å². The second kappa shape index (κ2) is 8.20. The molecule has 2 amide bonds. The van der Waals surface area contributed by atoms with Crippen LogP contribution in [0.15, 0.2) is 24.3 Å². The van der Waals surface area contributed by atoms with Crippen molar-refractivity contribution in [2.75, 3.05) is 11.9 Å². The van der Waals surface area contributed by atoms with E-state index in [9.17, 15) is 9.90 Å². The number of benzene rings is 1. The van der Waals surface area contributed by atoms with E-state index in [1.54, 1.807) is 0 Å². The van der Waals surface area contributed by atoms with Crippen molar-refractivity contribution >= 4 is 11.7 Å². The van der Waals surface area contributed by atoms with Crippen molar-refractivity contribution in [1.82, 2.24) is 10.6 Å². The van der Waals surface area contributed by atoms with E-state index in [2.05, 4.69) is 29.8 Å². The molecule has 0 radical (unpaired) electrons. The highest BCUT2D eigenvalue weighted by molar-refractivity contribution is 5.74. The Morgan fingerprint density at radius 1 is 1.22 bits per heavy atom. The van der Waals surface area contributed by atoms with Crippen LogP contribution in [0.1, 0.15) is 51.5 Å². The molecule has 0 saturated heterocycles. The number of carbonyl (C=O) groups excluding carboxylic acids is 1. The average Bonchev–Trinajstić information content (AvgIpc) is 2.51. The van der Waals surface area contributed by atoms with Crippen molar-refractivity contribution in [2.45, 2.75) is 64.1 Å². The molecule has 0 atom stereocenters. The molecule has 0 aromatic heterocycles. The molecule has 128 valence electrons. The Balaban J connectivity index is 1.75. The number of amides is 2. The predicted octanol–water partition coefficient (Wildman–Crippen LogP) is 3.00. The lowest BCUT2D eigenvalue weighted by Gasteiger charge is -2.32. The first kappa shape index (κ1) is 17.6. The van der Waals surface area contributed by atoms with Crippen LogP contribution < -0.4 is 16.0 Å². The third-order valence-corrected chi connectivity index (χ3v) is 4.20. The third kappa shape index (κ3) is 6.10. The quantitative estimate of drug-likeness (QED) is 0.651. The van der Waals surface area contributed by atoms with Gasteiger partial charge in [0.2, 0.25) is 0 Å². The smallest absolute Gasteiger partial charge is 0.315 e. The lowest BCUT2D eigenvalue weighted by molar-refractivity contribution is 0.00719. The number of hydrogen-bond acceptors (Lipinski definition) is 3. The molecule has 0 unspecified atom stereocenters. The molecule has 0 bridgehead atoms. The Kier molecular flexibility index (Phi) is 6.28. The first-order valence-electron chi connectivity index (χ1n) is 8.56. The largest absolute Gasteiger partial charge is 0.388 e. The van der Waals surface area contributed by atoms with E-state index in [0.29, 0.717) is 19.1 Å². The van der Waals surface area contributed by atoms with Crippen LogP contribution in [-0.2, 0) is 6.54 Å². The monoisotopic (exact) mass is 319 g/mol. The van der Waals surface area contributed by atoms with Gasteiger partial charge in [-0.3, -0.25) is 0 Å². The van der Waals surface area contributed by atoms with Crippen LogP contribution in [0.3, 0.4) is 0 Å². The minimum atomic E-state index is -0.726. The maximum absolute atomic E-state index is 11.9. The molecule has 0 aliphatic heterocycles. The Morgan fingerprint density at radius 2 is 1.96 bits per heavy atom. The molecule has 5 nitrogen and oxygen atoms in total. The van der Waals surface area contributed by atoms with Gasteiger partial charge in [-0.05, 0) is 44.4 Å². The average molecular weight is 319 g/mol. The highest BCUT2D eigenvalue weighted by Gasteiger charge is 2.29. The predicted molar refractivity (Wildman–Crippen MR) is 93.5 cm³/mol. The van der Waals surface area contributed by atoms with Gasteiger partial charge in [-0.15, -0.1) is 0 Å². The lowest BCUT2D eigenvalue weighted by atomic mass is 9.85. The number of urea groups is 1. The molecule has 1 aliphatic carbocycles. The zero-order chi connectivity index (χ0) is 16.7. The molecular formula is C18H29N3O2. The minimum Gasteiger partial charge on any atom is -0.388 e. The summed E-state index contributed by atoms with van der Waals surface area (Å²) in [5.41, 5.74) is 1.37. The van der Waals surface area contributed by atoms with E-state index in [0.717, 1.165) is 36.9 Å². The zero-order valence-corrected chi connectivity index (χ0v) is 14.2. The summed E-state index contributed by atoms with van der Waals surface area (Å²) < 4.78 is 0. The zero-order valence-electron chi connectivity index (χ0n) is 14.2. The van der Waals surface area contributed by atoms with Crippen LogP contribution in [0.4, 0.5) is 10.5 Å². The van der Waals surface area contributed by atoms with Crippen LogP contribution in [0, 0.1) is 0 Å². The second-order valence-electron chi connectivity index (χ2n) is 6.82. The molecular weight excluding hydrogens is 290 g/mol. The van der Waals surface area contributed by atoms with E-state index in [1.807, 2.05) is 24.3 Å². The van der Waals surface area contributed by atoms with Crippen molar-refractivity contribution in [3.8, 4) is 0 Å². The summed E-state index contributed by atoms with van der Waals surface area (Å²) in [4.78, 5) is 11.9. The SMILES string of the molecule is CC(C)Nc1cccc(CNC(=O)NCC2(O)CCCCC2)c1. The third-order valence-electron chi connectivity index (χ3n) is 4.20. The fourth-order valence-electron chi connectivity index (χ4n) is 2.98. The van der Waals surface area contributed by atoms with Gasteiger partial charge in [0.15, 0.2) is 0 Å². The van der Waals surface area contributed by atoms with Gasteiger partial charge in [-0.1, -0.05) is 31.4 Å². The van der Waals surface area contributed by atoms with E-state index < -0.39 is 5.60 Å². The molecule has 5 heteroatoms. The van der Waals surface area contributed by atoms with E-state index in [-0.39, 0.29) is 6.03 Å². The van der Waals surface area contributed by atoms with Gasteiger partial charge in [0.25, 0.3) is 0 Å². The van der Waals surface area contributed by atoms with E-state index in [1.165, 1.54) is 6.42 Å². The van der Waals surface area contributed by atoms with Crippen molar-refractivity contribution in [2.24, 2.45) is 0 Å². The number of hydrogen-bond donors (Lipinski definition) is 4. The van der Waals surface area contributed by atoms with Crippen molar-refractivity contribution in [1.29, 1.82) is 0 Å². The number of aliphatic hydroxyl groups is 1. The maximum atomic E-state index is 11.9. The van der Waals surface area contributed by atoms with Gasteiger partial charge < -0.3 is 21.1 Å². The molecule has 2 rings (SSSR count). The molecule has 0 heterocycles. The summed E-state index contributed by atoms with van der Waals surface area (Å²) in [6, 6.07) is 8.16. The first-order valence-corrected chi connectivity index (χ1v) is 8.56. The van der Waals surface area contributed by atoms with Crippen molar-refractivity contribution < 1.29 is 9.90 Å². The Morgan fingerprint density at radius 3 is 2.65 bits per heavy atom. The fourth-order valence-corrected chi connectivity index (χ4v) is 2.98. The van der Waals surface area contributed by atoms with Gasteiger partial charge >= 0.3 is 6.03 Å². The van der Waals surface area contributed by atoms with E-state index >= 15 is 0 Å². The number of nitrogens with one attached hydrogen (secondary N) is 3. The summed E-state index contributed by atoms with van der Waals surface area (Å²) in [6.45, 7) is 4.98. The van der Waals surface area contributed by atoms with Crippen LogP contribution in [0.5, 0.6) is 0 Å². The second-order valence-corrected chi connectivity index (χ2v) is 6.82. The topological polar surface area (TPSA) is 73.4 Å². The molecule has 4 N–H and O–H groups in total. The van der Waals surface area contributed by atoms with Gasteiger partial charge in [-0.25, -0.2) is 4.79 Å². The first-order chi connectivity index (χ1) is 11.0. The number of carbonyl (C=O) groups is 1. The molecule has 0 spiro atoms. The standard InChI is InChI=1S/C18H29N3O2/c1-14(2)21-16-8-6-7-15(11-16)12-19-17(22)20-13-18(23)9-4-3-5-10-18/h6-8,11,14,21,23H,3-5,9-10,12-13H2,1-2H3,(H2,19,20,22). The number of anilines is 1. The van der Waals surface area contributed by atoms with Gasteiger partial charge in [0.05, 0.1) is 5.60 Å². The summed E-state index contributed by atoms with van der Waals surface area (Å²) in [7, 11) is 0. The summed E-state index contributed by atoms with van der Waals surface area (Å²) in [5, 5.41) is 19.4. The van der Waals surface area contributed by atoms with Crippen molar-refractivity contribution in [3.05, 3.63) is 29.8 Å². The molecule has 1 aromatic rings. The Labute approximate surface area is 138 Å².